The van der Waals surface area contributed by atoms with Gasteiger partial charge in [0.05, 0.1) is 44.4 Å². The summed E-state index contributed by atoms with van der Waals surface area (Å²) in [5.41, 5.74) is 2.10. The van der Waals surface area contributed by atoms with Crippen molar-refractivity contribution in [3.63, 3.8) is 0 Å². The van der Waals surface area contributed by atoms with Crippen LogP contribution in [0.4, 0.5) is 0 Å². The van der Waals surface area contributed by atoms with Gasteiger partial charge in [-0.1, -0.05) is 24.3 Å². The van der Waals surface area contributed by atoms with Gasteiger partial charge in [0.25, 0.3) is 0 Å². The summed E-state index contributed by atoms with van der Waals surface area (Å²) in [6.45, 7) is 6.98. The van der Waals surface area contributed by atoms with Crippen LogP contribution < -0.4 is 4.74 Å². The zero-order valence-corrected chi connectivity index (χ0v) is 20.2. The maximum Gasteiger partial charge on any atom is 0.222 e. The van der Waals surface area contributed by atoms with Gasteiger partial charge in [0, 0.05) is 38.5 Å². The van der Waals surface area contributed by atoms with Crippen molar-refractivity contribution < 1.29 is 19.4 Å². The van der Waals surface area contributed by atoms with Gasteiger partial charge >= 0.3 is 0 Å². The normalized spacial score (nSPS) is 21.3. The van der Waals surface area contributed by atoms with E-state index < -0.39 is 0 Å². The number of aryl methyl sites for hydroxylation is 1. The number of hydrogen-bond donors (Lipinski definition) is 1. The minimum atomic E-state index is -0.234. The molecule has 0 bridgehead atoms. The molecular formula is C24H37N5O4. The summed E-state index contributed by atoms with van der Waals surface area (Å²) in [7, 11) is 3.73. The molecule has 182 valence electrons. The highest BCUT2D eigenvalue weighted by molar-refractivity contribution is 5.76. The van der Waals surface area contributed by atoms with E-state index >= 15 is 0 Å². The quantitative estimate of drug-likeness (QED) is 0.676. The van der Waals surface area contributed by atoms with Crippen LogP contribution in [0.5, 0.6) is 5.75 Å². The summed E-state index contributed by atoms with van der Waals surface area (Å²) in [6, 6.07) is 7.82. The van der Waals surface area contributed by atoms with Gasteiger partial charge in [0.15, 0.2) is 0 Å². The van der Waals surface area contributed by atoms with Crippen LogP contribution in [-0.2, 0) is 29.2 Å². The van der Waals surface area contributed by atoms with Crippen molar-refractivity contribution in [2.75, 3.05) is 33.9 Å². The molecule has 3 atom stereocenters. The van der Waals surface area contributed by atoms with Gasteiger partial charge in [-0.15, -0.1) is 5.10 Å². The number of benzene rings is 1. The van der Waals surface area contributed by atoms with E-state index in [1.165, 1.54) is 5.56 Å². The number of aliphatic hydroxyl groups excluding tert-OH is 1. The van der Waals surface area contributed by atoms with Crippen molar-refractivity contribution in [2.45, 2.75) is 58.5 Å². The lowest BCUT2D eigenvalue weighted by atomic mass is 10.0. The molecule has 3 rings (SSSR count). The summed E-state index contributed by atoms with van der Waals surface area (Å²) in [5, 5.41) is 17.9. The molecule has 0 spiro atoms. The molecule has 9 heteroatoms. The van der Waals surface area contributed by atoms with Crippen LogP contribution in [0.2, 0.25) is 0 Å². The first-order chi connectivity index (χ1) is 15.9. The number of aliphatic hydroxyl groups is 1. The van der Waals surface area contributed by atoms with Crippen molar-refractivity contribution in [3.8, 4) is 5.75 Å². The number of carbonyl (C=O) groups excluding carboxylic acids is 1. The van der Waals surface area contributed by atoms with Crippen LogP contribution in [-0.4, -0.2) is 81.8 Å². The molecule has 0 radical (unpaired) electrons. The van der Waals surface area contributed by atoms with Crippen molar-refractivity contribution in [2.24, 2.45) is 5.92 Å². The average Bonchev–Trinajstić information content (AvgIpc) is 3.26. The predicted molar refractivity (Wildman–Crippen MR) is 125 cm³/mol. The lowest BCUT2D eigenvalue weighted by Gasteiger charge is -2.35. The fraction of sp³-hybridized carbons (Fsp3) is 0.625. The number of aromatic nitrogens is 3. The molecule has 1 aromatic heterocycles. The van der Waals surface area contributed by atoms with Crippen LogP contribution in [0.25, 0.3) is 0 Å². The number of amides is 1. The highest BCUT2D eigenvalue weighted by atomic mass is 16.5. The Labute approximate surface area is 196 Å². The van der Waals surface area contributed by atoms with Crippen molar-refractivity contribution >= 4 is 5.91 Å². The van der Waals surface area contributed by atoms with Gasteiger partial charge in [-0.2, -0.15) is 0 Å². The van der Waals surface area contributed by atoms with Crippen LogP contribution in [0.15, 0.2) is 30.5 Å². The van der Waals surface area contributed by atoms with Gasteiger partial charge in [-0.25, -0.2) is 4.68 Å². The van der Waals surface area contributed by atoms with Gasteiger partial charge < -0.3 is 19.5 Å². The Balaban J connectivity index is 1.75. The summed E-state index contributed by atoms with van der Waals surface area (Å²) in [5.74, 6) is 0.964. The third kappa shape index (κ3) is 6.99. The molecule has 0 unspecified atom stereocenters. The van der Waals surface area contributed by atoms with Gasteiger partial charge in [0.2, 0.25) is 5.91 Å². The minimum absolute atomic E-state index is 0.0518. The standard InChI is InChI=1S/C24H37N5O4/c1-18-13-28(19(2)16-30)24(31)6-5-11-29-21(12-25-26-29)17-33-23(18)15-27(3)14-20-7-9-22(32-4)10-8-20/h7-10,12,18-19,23,30H,5-6,11,13-17H2,1-4H3/t18-,19+,23+/m0/s1. The predicted octanol–water partition coefficient (Wildman–Crippen LogP) is 1.94. The summed E-state index contributed by atoms with van der Waals surface area (Å²) < 4.78 is 13.5. The Morgan fingerprint density at radius 1 is 1.33 bits per heavy atom. The van der Waals surface area contributed by atoms with E-state index in [2.05, 4.69) is 41.3 Å². The smallest absolute Gasteiger partial charge is 0.222 e. The summed E-state index contributed by atoms with van der Waals surface area (Å²) >= 11 is 0. The second-order valence-corrected chi connectivity index (χ2v) is 9.00. The molecule has 0 saturated heterocycles. The molecule has 9 nitrogen and oxygen atoms in total. The van der Waals surface area contributed by atoms with Crippen LogP contribution >= 0.6 is 0 Å². The molecular weight excluding hydrogens is 422 g/mol. The second-order valence-electron chi connectivity index (χ2n) is 9.00. The van der Waals surface area contributed by atoms with Gasteiger partial charge in [-0.05, 0) is 38.1 Å². The van der Waals surface area contributed by atoms with Crippen LogP contribution in [0.1, 0.15) is 37.9 Å². The Morgan fingerprint density at radius 3 is 2.79 bits per heavy atom. The fourth-order valence-electron chi connectivity index (χ4n) is 4.16. The Bertz CT molecular complexity index is 872. The van der Waals surface area contributed by atoms with E-state index in [4.69, 9.17) is 9.47 Å². The monoisotopic (exact) mass is 459 g/mol. The number of fused-ring (bicyclic) bond motifs is 1. The van der Waals surface area contributed by atoms with Crippen molar-refractivity contribution in [3.05, 3.63) is 41.7 Å². The number of methoxy groups -OCH3 is 1. The molecule has 1 amide bonds. The molecule has 33 heavy (non-hydrogen) atoms. The fourth-order valence-corrected chi connectivity index (χ4v) is 4.16. The number of nitrogens with zero attached hydrogens (tertiary/aromatic N) is 5. The van der Waals surface area contributed by atoms with E-state index in [9.17, 15) is 9.90 Å². The molecule has 0 fully saturated rings. The van der Waals surface area contributed by atoms with Gasteiger partial charge in [0.1, 0.15) is 5.75 Å². The van der Waals surface area contributed by atoms with Crippen LogP contribution in [0, 0.1) is 5.92 Å². The second kappa shape index (κ2) is 12.1. The molecule has 0 aliphatic carbocycles. The van der Waals surface area contributed by atoms with Gasteiger partial charge in [-0.3, -0.25) is 9.69 Å². The van der Waals surface area contributed by atoms with E-state index in [-0.39, 0.29) is 30.6 Å². The van der Waals surface area contributed by atoms with E-state index in [0.29, 0.717) is 39.1 Å². The zero-order chi connectivity index (χ0) is 23.8. The zero-order valence-electron chi connectivity index (χ0n) is 20.2. The number of hydrogen-bond acceptors (Lipinski definition) is 7. The summed E-state index contributed by atoms with van der Waals surface area (Å²) in [6.07, 6.45) is 2.71. The topological polar surface area (TPSA) is 93.0 Å². The molecule has 2 heterocycles. The largest absolute Gasteiger partial charge is 0.497 e. The minimum Gasteiger partial charge on any atom is -0.497 e. The number of likely N-dealkylation sites (N-methyl/N-ethyl adjacent to an activating group) is 1. The first kappa shape index (κ1) is 25.1. The Hall–Kier alpha value is -2.49. The maximum absolute atomic E-state index is 13.0. The number of rotatable bonds is 7. The lowest BCUT2D eigenvalue weighted by Crippen LogP contribution is -2.47. The number of carbonyl (C=O) groups is 1. The van der Waals surface area contributed by atoms with E-state index in [0.717, 1.165) is 18.0 Å². The molecule has 1 aromatic carbocycles. The SMILES string of the molecule is COc1ccc(CN(C)C[C@H]2OCc3cnnn3CCCC(=O)N([C@H](C)CO)C[C@@H]2C)cc1. The van der Waals surface area contributed by atoms with Crippen LogP contribution in [0.3, 0.4) is 0 Å². The highest BCUT2D eigenvalue weighted by Crippen LogP contribution is 2.19. The molecule has 1 aliphatic heterocycles. The third-order valence-electron chi connectivity index (χ3n) is 6.24. The first-order valence-electron chi connectivity index (χ1n) is 11.6. The van der Waals surface area contributed by atoms with Crippen molar-refractivity contribution in [1.82, 2.24) is 24.8 Å². The third-order valence-corrected chi connectivity index (χ3v) is 6.24. The molecule has 1 N–H and O–H groups in total. The molecule has 0 saturated carbocycles. The average molecular weight is 460 g/mol. The first-order valence-corrected chi connectivity index (χ1v) is 11.6. The summed E-state index contributed by atoms with van der Waals surface area (Å²) in [4.78, 5) is 17.0. The molecule has 1 aliphatic rings. The lowest BCUT2D eigenvalue weighted by molar-refractivity contribution is -0.136. The van der Waals surface area contributed by atoms with E-state index in [1.807, 2.05) is 23.7 Å². The van der Waals surface area contributed by atoms with E-state index in [1.54, 1.807) is 18.2 Å². The molecule has 2 aromatic rings. The highest BCUT2D eigenvalue weighted by Gasteiger charge is 2.28. The Kier molecular flexibility index (Phi) is 9.22. The number of ether oxygens (including phenoxy) is 2. The van der Waals surface area contributed by atoms with Crippen molar-refractivity contribution in [1.29, 1.82) is 0 Å². The maximum atomic E-state index is 13.0. The Morgan fingerprint density at radius 2 is 2.09 bits per heavy atom.